The Bertz CT molecular complexity index is 1100. The highest BCUT2D eigenvalue weighted by Crippen LogP contribution is 2.37. The summed E-state index contributed by atoms with van der Waals surface area (Å²) in [6.45, 7) is 1.95. The average Bonchev–Trinajstić information content (AvgIpc) is 2.99. The third-order valence-electron chi connectivity index (χ3n) is 5.87. The summed E-state index contributed by atoms with van der Waals surface area (Å²) in [5.41, 5.74) is 1.23. The van der Waals surface area contributed by atoms with Gasteiger partial charge < -0.3 is 19.5 Å². The highest BCUT2D eigenvalue weighted by Gasteiger charge is 2.37. The number of anilines is 2. The predicted octanol–water partition coefficient (Wildman–Crippen LogP) is 4.37. The highest BCUT2D eigenvalue weighted by atomic mass is 35.5. The van der Waals surface area contributed by atoms with E-state index in [1.165, 1.54) is 18.5 Å². The van der Waals surface area contributed by atoms with E-state index in [1.54, 1.807) is 13.2 Å². The molecule has 0 amide bonds. The number of benzene rings is 2. The molecule has 5 rings (SSSR count). The fraction of sp³-hybridized carbons (Fsp3) is 0.364. The first-order valence-corrected chi connectivity index (χ1v) is 10.5. The highest BCUT2D eigenvalue weighted by molar-refractivity contribution is 6.33. The second-order valence-corrected chi connectivity index (χ2v) is 8.11. The van der Waals surface area contributed by atoms with E-state index in [-0.39, 0.29) is 5.02 Å². The third-order valence-corrected chi connectivity index (χ3v) is 6.18. The molecule has 2 aromatic carbocycles. The van der Waals surface area contributed by atoms with Crippen molar-refractivity contribution in [2.45, 2.75) is 24.9 Å². The minimum Gasteiger partial charge on any atom is -0.493 e. The van der Waals surface area contributed by atoms with Crippen LogP contribution in [0.3, 0.4) is 0 Å². The molecule has 0 aliphatic carbocycles. The van der Waals surface area contributed by atoms with Crippen molar-refractivity contribution in [1.82, 2.24) is 14.9 Å². The van der Waals surface area contributed by atoms with Gasteiger partial charge in [0.1, 0.15) is 24.7 Å². The molecule has 31 heavy (non-hydrogen) atoms. The molecular formula is C22H22ClFN4O3. The monoisotopic (exact) mass is 444 g/mol. The van der Waals surface area contributed by atoms with E-state index in [1.807, 2.05) is 12.1 Å². The number of ether oxygens (including phenoxy) is 3. The lowest BCUT2D eigenvalue weighted by Gasteiger charge is -2.34. The second kappa shape index (κ2) is 8.45. The molecule has 1 N–H and O–H groups in total. The molecule has 0 saturated carbocycles. The summed E-state index contributed by atoms with van der Waals surface area (Å²) in [5.74, 6) is 1.33. The Hall–Kier alpha value is -2.68. The quantitative estimate of drug-likeness (QED) is 0.605. The molecule has 3 heterocycles. The topological polar surface area (TPSA) is 68.7 Å². The lowest BCUT2D eigenvalue weighted by Crippen LogP contribution is -2.47. The number of nitrogens with zero attached hydrogens (tertiary/aromatic N) is 3. The number of aromatic nitrogens is 2. The first-order chi connectivity index (χ1) is 15.1. The van der Waals surface area contributed by atoms with Gasteiger partial charge in [0.2, 0.25) is 0 Å². The van der Waals surface area contributed by atoms with Gasteiger partial charge in [-0.3, -0.25) is 4.90 Å². The number of hydrogen-bond donors (Lipinski definition) is 1. The van der Waals surface area contributed by atoms with E-state index in [0.717, 1.165) is 31.4 Å². The number of methoxy groups -OCH3 is 1. The van der Waals surface area contributed by atoms with Crippen molar-refractivity contribution in [3.05, 3.63) is 47.5 Å². The van der Waals surface area contributed by atoms with Gasteiger partial charge in [-0.15, -0.1) is 0 Å². The predicted molar refractivity (Wildman–Crippen MR) is 116 cm³/mol. The zero-order valence-corrected chi connectivity index (χ0v) is 17.7. The molecule has 2 aliphatic rings. The molecule has 9 heteroatoms. The maximum absolute atomic E-state index is 13.4. The molecule has 7 nitrogen and oxygen atoms in total. The molecule has 1 aromatic heterocycles. The average molecular weight is 445 g/mol. The smallest absolute Gasteiger partial charge is 0.164 e. The van der Waals surface area contributed by atoms with Crippen LogP contribution in [0.25, 0.3) is 10.9 Å². The van der Waals surface area contributed by atoms with Crippen LogP contribution in [-0.2, 0) is 4.74 Å². The van der Waals surface area contributed by atoms with Crippen LogP contribution in [0, 0.1) is 5.82 Å². The van der Waals surface area contributed by atoms with E-state index in [0.29, 0.717) is 47.3 Å². The van der Waals surface area contributed by atoms with Crippen LogP contribution in [0.1, 0.15) is 12.8 Å². The molecule has 2 bridgehead atoms. The maximum atomic E-state index is 13.4. The molecule has 2 fully saturated rings. The van der Waals surface area contributed by atoms with Gasteiger partial charge in [0.05, 0.1) is 36.6 Å². The zero-order valence-electron chi connectivity index (χ0n) is 17.0. The van der Waals surface area contributed by atoms with Crippen LogP contribution in [-0.4, -0.2) is 54.0 Å². The number of rotatable bonds is 6. The number of hydrogen-bond acceptors (Lipinski definition) is 7. The van der Waals surface area contributed by atoms with Crippen molar-refractivity contribution in [1.29, 1.82) is 0 Å². The summed E-state index contributed by atoms with van der Waals surface area (Å²) in [6.07, 6.45) is 3.71. The first-order valence-electron chi connectivity index (χ1n) is 10.1. The summed E-state index contributed by atoms with van der Waals surface area (Å²) in [7, 11) is 1.60. The Balaban J connectivity index is 1.45. The summed E-state index contributed by atoms with van der Waals surface area (Å²) < 4.78 is 30.8. The summed E-state index contributed by atoms with van der Waals surface area (Å²) in [4.78, 5) is 11.0. The van der Waals surface area contributed by atoms with E-state index in [4.69, 9.17) is 25.8 Å². The van der Waals surface area contributed by atoms with Gasteiger partial charge in [-0.25, -0.2) is 14.4 Å². The fourth-order valence-corrected chi connectivity index (χ4v) is 4.44. The summed E-state index contributed by atoms with van der Waals surface area (Å²) in [5, 5.41) is 4.17. The van der Waals surface area contributed by atoms with Crippen LogP contribution in [0.15, 0.2) is 36.7 Å². The third kappa shape index (κ3) is 3.98. The molecule has 0 spiro atoms. The van der Waals surface area contributed by atoms with Gasteiger partial charge in [-0.1, -0.05) is 11.6 Å². The van der Waals surface area contributed by atoms with Crippen molar-refractivity contribution in [3.63, 3.8) is 0 Å². The van der Waals surface area contributed by atoms with Gasteiger partial charge in [-0.05, 0) is 37.1 Å². The largest absolute Gasteiger partial charge is 0.493 e. The maximum Gasteiger partial charge on any atom is 0.164 e. The summed E-state index contributed by atoms with van der Waals surface area (Å²) in [6, 6.07) is 8.62. The Morgan fingerprint density at radius 1 is 1.16 bits per heavy atom. The molecule has 3 aromatic rings. The van der Waals surface area contributed by atoms with E-state index >= 15 is 0 Å². The Kier molecular flexibility index (Phi) is 5.52. The van der Waals surface area contributed by atoms with Gasteiger partial charge in [0, 0.05) is 23.5 Å². The lowest BCUT2D eigenvalue weighted by atomic mass is 10.2. The van der Waals surface area contributed by atoms with E-state index in [2.05, 4.69) is 20.2 Å². The molecular weight excluding hydrogens is 423 g/mol. The zero-order chi connectivity index (χ0) is 21.4. The molecule has 0 radical (unpaired) electrons. The Labute approximate surface area is 184 Å². The van der Waals surface area contributed by atoms with Crippen LogP contribution in [0.2, 0.25) is 5.02 Å². The van der Waals surface area contributed by atoms with Crippen molar-refractivity contribution in [3.8, 4) is 11.5 Å². The lowest BCUT2D eigenvalue weighted by molar-refractivity contribution is -0.0458. The van der Waals surface area contributed by atoms with Gasteiger partial charge >= 0.3 is 0 Å². The molecule has 2 saturated heterocycles. The minimum atomic E-state index is -0.402. The fourth-order valence-electron chi connectivity index (χ4n) is 4.22. The van der Waals surface area contributed by atoms with Crippen LogP contribution in [0.4, 0.5) is 15.9 Å². The van der Waals surface area contributed by atoms with Crippen molar-refractivity contribution in [2.24, 2.45) is 0 Å². The van der Waals surface area contributed by atoms with Crippen LogP contribution < -0.4 is 14.8 Å². The Morgan fingerprint density at radius 3 is 2.71 bits per heavy atom. The van der Waals surface area contributed by atoms with Crippen molar-refractivity contribution < 1.29 is 18.6 Å². The van der Waals surface area contributed by atoms with Gasteiger partial charge in [-0.2, -0.15) is 0 Å². The van der Waals surface area contributed by atoms with E-state index in [9.17, 15) is 4.39 Å². The normalized spacial score (nSPS) is 20.7. The molecule has 2 aliphatic heterocycles. The second-order valence-electron chi connectivity index (χ2n) is 7.70. The number of fused-ring (bicyclic) bond motifs is 3. The van der Waals surface area contributed by atoms with Gasteiger partial charge in [0.15, 0.2) is 11.5 Å². The standard InChI is InChI=1S/C22H22ClFN4O3/c1-29-20-8-19-16(7-21(20)31-12-28-14-3-4-15(28)10-30-9-14)22(26-11-25-19)27-18-5-2-13(24)6-17(18)23/h2,5-8,11,14-15H,3-4,9-10,12H2,1H3,(H,25,26,27). The van der Waals surface area contributed by atoms with Crippen molar-refractivity contribution in [2.75, 3.05) is 32.4 Å². The minimum absolute atomic E-state index is 0.263. The first kappa shape index (κ1) is 20.2. The number of nitrogens with one attached hydrogen (secondary N) is 1. The molecule has 162 valence electrons. The number of morpholine rings is 1. The van der Waals surface area contributed by atoms with Crippen molar-refractivity contribution >= 4 is 34.0 Å². The summed E-state index contributed by atoms with van der Waals surface area (Å²) >= 11 is 6.17. The van der Waals surface area contributed by atoms with Crippen LogP contribution >= 0.6 is 11.6 Å². The van der Waals surface area contributed by atoms with Crippen LogP contribution in [0.5, 0.6) is 11.5 Å². The van der Waals surface area contributed by atoms with E-state index < -0.39 is 5.82 Å². The number of halogens is 2. The molecule has 2 unspecified atom stereocenters. The Morgan fingerprint density at radius 2 is 1.97 bits per heavy atom. The SMILES string of the molecule is COc1cc2ncnc(Nc3ccc(F)cc3Cl)c2cc1OCN1C2CCC1COC2. The molecule has 2 atom stereocenters. The van der Waals surface area contributed by atoms with Gasteiger partial charge in [0.25, 0.3) is 0 Å².